The van der Waals surface area contributed by atoms with E-state index in [1.54, 1.807) is 12.1 Å². The van der Waals surface area contributed by atoms with E-state index in [2.05, 4.69) is 20.0 Å². The molecule has 3 N–H and O–H groups in total. The summed E-state index contributed by atoms with van der Waals surface area (Å²) in [6.07, 6.45) is 6.10. The predicted octanol–water partition coefficient (Wildman–Crippen LogP) is 1.26. The zero-order valence-corrected chi connectivity index (χ0v) is 13.2. The smallest absolute Gasteiger partial charge is 0.248 e. The van der Waals surface area contributed by atoms with Gasteiger partial charge in [-0.2, -0.15) is 5.10 Å². The van der Waals surface area contributed by atoms with Crippen LogP contribution in [-0.4, -0.2) is 53.7 Å². The van der Waals surface area contributed by atoms with Crippen LogP contribution in [0, 0.1) is 0 Å². The van der Waals surface area contributed by atoms with Gasteiger partial charge in [-0.15, -0.1) is 0 Å². The molecule has 1 aliphatic rings. The summed E-state index contributed by atoms with van der Waals surface area (Å²) in [5.74, 6) is -0.376. The average molecular weight is 313 g/mol. The monoisotopic (exact) mass is 313 g/mol. The van der Waals surface area contributed by atoms with E-state index in [0.717, 1.165) is 51.3 Å². The molecule has 2 aromatic rings. The van der Waals surface area contributed by atoms with Crippen LogP contribution in [0.15, 0.2) is 36.7 Å². The molecule has 122 valence electrons. The van der Waals surface area contributed by atoms with Crippen molar-refractivity contribution < 1.29 is 4.79 Å². The van der Waals surface area contributed by atoms with E-state index >= 15 is 0 Å². The van der Waals surface area contributed by atoms with Crippen LogP contribution in [0.4, 0.5) is 5.69 Å². The number of nitrogens with two attached hydrogens (primary N) is 1. The lowest BCUT2D eigenvalue weighted by molar-refractivity contribution is 0.100. The highest BCUT2D eigenvalue weighted by molar-refractivity contribution is 5.93. The van der Waals surface area contributed by atoms with Gasteiger partial charge in [0.25, 0.3) is 0 Å². The van der Waals surface area contributed by atoms with Crippen LogP contribution in [0.5, 0.6) is 0 Å². The van der Waals surface area contributed by atoms with Crippen molar-refractivity contribution >= 4 is 11.6 Å². The van der Waals surface area contributed by atoms with Gasteiger partial charge in [0.2, 0.25) is 5.91 Å². The molecule has 3 rings (SSSR count). The Hall–Kier alpha value is -2.34. The van der Waals surface area contributed by atoms with Gasteiger partial charge in [-0.05, 0) is 49.2 Å². The first kappa shape index (κ1) is 15.6. The fraction of sp³-hybridized carbons (Fsp3) is 0.412. The van der Waals surface area contributed by atoms with E-state index in [9.17, 15) is 4.79 Å². The topological polar surface area (TPSA) is 78.2 Å². The van der Waals surface area contributed by atoms with Crippen molar-refractivity contribution in [1.29, 1.82) is 0 Å². The van der Waals surface area contributed by atoms with Crippen molar-refractivity contribution in [2.45, 2.75) is 12.8 Å². The minimum absolute atomic E-state index is 0.376. The van der Waals surface area contributed by atoms with Gasteiger partial charge in [-0.3, -0.25) is 14.8 Å². The molecule has 6 nitrogen and oxygen atoms in total. The minimum Gasteiger partial charge on any atom is -0.369 e. The highest BCUT2D eigenvalue weighted by Gasteiger charge is 2.17. The SMILES string of the molecule is NC(=O)c1ccc(N2CCN(CCCc3cn[nH]c3)CC2)cc1. The van der Waals surface area contributed by atoms with Gasteiger partial charge in [-0.25, -0.2) is 0 Å². The van der Waals surface area contributed by atoms with Crippen molar-refractivity contribution in [2.75, 3.05) is 37.6 Å². The quantitative estimate of drug-likeness (QED) is 0.842. The number of anilines is 1. The molecule has 0 bridgehead atoms. The summed E-state index contributed by atoms with van der Waals surface area (Å²) >= 11 is 0. The highest BCUT2D eigenvalue weighted by Crippen LogP contribution is 2.17. The molecule has 1 aliphatic heterocycles. The van der Waals surface area contributed by atoms with Crippen molar-refractivity contribution in [1.82, 2.24) is 15.1 Å². The number of aryl methyl sites for hydroxylation is 1. The molecule has 0 radical (unpaired) electrons. The number of piperazine rings is 1. The summed E-state index contributed by atoms with van der Waals surface area (Å²) in [6.45, 7) is 5.30. The molecular formula is C17H23N5O. The number of primary amides is 1. The lowest BCUT2D eigenvalue weighted by atomic mass is 10.1. The van der Waals surface area contributed by atoms with E-state index < -0.39 is 0 Å². The number of amides is 1. The number of nitrogens with zero attached hydrogens (tertiary/aromatic N) is 3. The van der Waals surface area contributed by atoms with Crippen LogP contribution >= 0.6 is 0 Å². The summed E-state index contributed by atoms with van der Waals surface area (Å²) in [5.41, 5.74) is 8.28. The van der Waals surface area contributed by atoms with Gasteiger partial charge in [0.1, 0.15) is 0 Å². The first-order valence-corrected chi connectivity index (χ1v) is 8.07. The molecule has 1 aromatic heterocycles. The fourth-order valence-electron chi connectivity index (χ4n) is 2.99. The molecule has 23 heavy (non-hydrogen) atoms. The lowest BCUT2D eigenvalue weighted by Gasteiger charge is -2.36. The van der Waals surface area contributed by atoms with Crippen molar-refractivity contribution in [3.63, 3.8) is 0 Å². The number of hydrogen-bond acceptors (Lipinski definition) is 4. The summed E-state index contributed by atoms with van der Waals surface area (Å²) < 4.78 is 0. The second kappa shape index (κ2) is 7.28. The molecule has 0 spiro atoms. The van der Waals surface area contributed by atoms with E-state index in [4.69, 9.17) is 5.73 Å². The molecule has 0 atom stereocenters. The number of carbonyl (C=O) groups is 1. The second-order valence-electron chi connectivity index (χ2n) is 5.95. The Kier molecular flexibility index (Phi) is 4.92. The number of rotatable bonds is 6. The highest BCUT2D eigenvalue weighted by atomic mass is 16.1. The largest absolute Gasteiger partial charge is 0.369 e. The Bertz CT molecular complexity index is 615. The number of H-pyrrole nitrogens is 1. The third-order valence-corrected chi connectivity index (χ3v) is 4.38. The molecule has 1 saturated heterocycles. The van der Waals surface area contributed by atoms with Crippen molar-refractivity contribution in [3.05, 3.63) is 47.8 Å². The minimum atomic E-state index is -0.376. The molecule has 0 aliphatic carbocycles. The zero-order valence-electron chi connectivity index (χ0n) is 13.2. The van der Waals surface area contributed by atoms with Crippen LogP contribution in [0.1, 0.15) is 22.3 Å². The average Bonchev–Trinajstić information content (AvgIpc) is 3.09. The van der Waals surface area contributed by atoms with E-state index in [1.807, 2.05) is 24.5 Å². The fourth-order valence-corrected chi connectivity index (χ4v) is 2.99. The van der Waals surface area contributed by atoms with Gasteiger partial charge in [0.05, 0.1) is 6.20 Å². The Morgan fingerprint density at radius 3 is 2.52 bits per heavy atom. The third-order valence-electron chi connectivity index (χ3n) is 4.38. The van der Waals surface area contributed by atoms with Crippen LogP contribution < -0.4 is 10.6 Å². The maximum absolute atomic E-state index is 11.1. The van der Waals surface area contributed by atoms with E-state index in [0.29, 0.717) is 5.56 Å². The van der Waals surface area contributed by atoms with E-state index in [1.165, 1.54) is 5.56 Å². The van der Waals surface area contributed by atoms with Crippen LogP contribution in [0.25, 0.3) is 0 Å². The molecule has 1 amide bonds. The molecule has 0 unspecified atom stereocenters. The lowest BCUT2D eigenvalue weighted by Crippen LogP contribution is -2.46. The predicted molar refractivity (Wildman–Crippen MR) is 90.5 cm³/mol. The number of nitrogens with one attached hydrogen (secondary N) is 1. The molecule has 1 aromatic carbocycles. The summed E-state index contributed by atoms with van der Waals surface area (Å²) in [7, 11) is 0. The van der Waals surface area contributed by atoms with Crippen LogP contribution in [0.3, 0.4) is 0 Å². The van der Waals surface area contributed by atoms with Gasteiger partial charge in [0, 0.05) is 43.6 Å². The maximum atomic E-state index is 11.1. The Morgan fingerprint density at radius 1 is 1.17 bits per heavy atom. The Morgan fingerprint density at radius 2 is 1.91 bits per heavy atom. The number of aromatic nitrogens is 2. The van der Waals surface area contributed by atoms with Gasteiger partial charge in [-0.1, -0.05) is 0 Å². The molecule has 6 heteroatoms. The molecule has 1 fully saturated rings. The Balaban J connectivity index is 1.43. The number of carbonyl (C=O) groups excluding carboxylic acids is 1. The molecule has 2 heterocycles. The number of benzene rings is 1. The van der Waals surface area contributed by atoms with Gasteiger partial charge < -0.3 is 10.6 Å². The number of hydrogen-bond donors (Lipinski definition) is 2. The van der Waals surface area contributed by atoms with Gasteiger partial charge in [0.15, 0.2) is 0 Å². The third kappa shape index (κ3) is 4.10. The first-order chi connectivity index (χ1) is 11.2. The zero-order chi connectivity index (χ0) is 16.1. The maximum Gasteiger partial charge on any atom is 0.248 e. The van der Waals surface area contributed by atoms with Crippen molar-refractivity contribution in [2.24, 2.45) is 5.73 Å². The van der Waals surface area contributed by atoms with E-state index in [-0.39, 0.29) is 5.91 Å². The van der Waals surface area contributed by atoms with Crippen molar-refractivity contribution in [3.8, 4) is 0 Å². The second-order valence-corrected chi connectivity index (χ2v) is 5.95. The normalized spacial score (nSPS) is 15.7. The van der Waals surface area contributed by atoms with Gasteiger partial charge >= 0.3 is 0 Å². The first-order valence-electron chi connectivity index (χ1n) is 8.07. The summed E-state index contributed by atoms with van der Waals surface area (Å²) in [6, 6.07) is 7.56. The standard InChI is InChI=1S/C17H23N5O/c18-17(23)15-3-5-16(6-4-15)22-10-8-21(9-11-22)7-1-2-14-12-19-20-13-14/h3-6,12-13H,1-2,7-11H2,(H2,18,23)(H,19,20). The molecular weight excluding hydrogens is 290 g/mol. The summed E-state index contributed by atoms with van der Waals surface area (Å²) in [4.78, 5) is 16.0. The summed E-state index contributed by atoms with van der Waals surface area (Å²) in [5, 5.41) is 6.83. The number of aromatic amines is 1. The van der Waals surface area contributed by atoms with Crippen LogP contribution in [-0.2, 0) is 6.42 Å². The molecule has 0 saturated carbocycles. The Labute approximate surface area is 136 Å². The van der Waals surface area contributed by atoms with Crippen LogP contribution in [0.2, 0.25) is 0 Å².